The molecule has 0 rings (SSSR count). The summed E-state index contributed by atoms with van der Waals surface area (Å²) in [5, 5.41) is 10.8. The summed E-state index contributed by atoms with van der Waals surface area (Å²) in [5.41, 5.74) is 0. The highest BCUT2D eigenvalue weighted by molar-refractivity contribution is 6.69. The van der Waals surface area contributed by atoms with Crippen LogP contribution in [0.5, 0.6) is 0 Å². The van der Waals surface area contributed by atoms with Gasteiger partial charge in [0.05, 0.1) is 0 Å². The van der Waals surface area contributed by atoms with Crippen LogP contribution in [0.15, 0.2) is 0 Å². The molecule has 0 aromatic heterocycles. The lowest BCUT2D eigenvalue weighted by atomic mass is 10.1. The first-order valence-corrected chi connectivity index (χ1v) is 9.50. The van der Waals surface area contributed by atoms with E-state index in [1.54, 1.807) is 6.92 Å². The maximum absolute atomic E-state index is 10.8. The lowest BCUT2D eigenvalue weighted by Gasteiger charge is -2.26. The Morgan fingerprint density at radius 2 is 1.88 bits per heavy atom. The molecule has 0 fully saturated rings. The molecule has 16 heavy (non-hydrogen) atoms. The van der Waals surface area contributed by atoms with Crippen LogP contribution in [0, 0.1) is 10.1 Å². The number of hydrogen-bond donors (Lipinski definition) is 0. The predicted molar refractivity (Wildman–Crippen MR) is 68.8 cm³/mol. The van der Waals surface area contributed by atoms with Crippen LogP contribution in [0.25, 0.3) is 0 Å². The van der Waals surface area contributed by atoms with Crippen LogP contribution in [-0.2, 0) is 4.43 Å². The zero-order valence-electron chi connectivity index (χ0n) is 11.2. The molecule has 0 saturated carbocycles. The summed E-state index contributed by atoms with van der Waals surface area (Å²) in [6.07, 6.45) is 3.86. The topological polar surface area (TPSA) is 52.4 Å². The summed E-state index contributed by atoms with van der Waals surface area (Å²) < 4.78 is 5.90. The summed E-state index contributed by atoms with van der Waals surface area (Å²) in [7, 11) is -1.69. The minimum atomic E-state index is -1.69. The molecule has 0 aliphatic carbocycles. The van der Waals surface area contributed by atoms with E-state index < -0.39 is 14.4 Å². The van der Waals surface area contributed by atoms with Crippen molar-refractivity contribution in [1.82, 2.24) is 0 Å². The summed E-state index contributed by atoms with van der Waals surface area (Å²) in [6.45, 7) is 10.0. The van der Waals surface area contributed by atoms with E-state index in [0.717, 1.165) is 25.7 Å². The second kappa shape index (κ2) is 7.01. The fraction of sp³-hybridized carbons (Fsp3) is 1.00. The van der Waals surface area contributed by atoms with Gasteiger partial charge in [-0.25, -0.2) is 0 Å². The average Bonchev–Trinajstić information content (AvgIpc) is 2.13. The Balaban J connectivity index is 4.32. The minimum Gasteiger partial charge on any atom is -0.408 e. The highest BCUT2D eigenvalue weighted by Gasteiger charge is 2.31. The van der Waals surface area contributed by atoms with Crippen molar-refractivity contribution in [2.24, 2.45) is 0 Å². The molecular weight excluding hydrogens is 222 g/mol. The Morgan fingerprint density at radius 1 is 1.31 bits per heavy atom. The lowest BCUT2D eigenvalue weighted by Crippen LogP contribution is -2.41. The van der Waals surface area contributed by atoms with E-state index in [1.807, 2.05) is 0 Å². The monoisotopic (exact) mass is 247 g/mol. The molecule has 0 aliphatic rings. The van der Waals surface area contributed by atoms with E-state index in [0.29, 0.717) is 0 Å². The fourth-order valence-electron chi connectivity index (χ4n) is 1.58. The molecule has 0 spiro atoms. The van der Waals surface area contributed by atoms with Crippen LogP contribution in [0.3, 0.4) is 0 Å². The van der Waals surface area contributed by atoms with Gasteiger partial charge in [0.2, 0.25) is 6.04 Å². The summed E-state index contributed by atoms with van der Waals surface area (Å²) in [5.74, 6) is 0. The Hall–Kier alpha value is -0.423. The van der Waals surface area contributed by atoms with Gasteiger partial charge in [-0.15, -0.1) is 0 Å². The number of rotatable bonds is 8. The number of unbranched alkanes of at least 4 members (excludes halogenated alkanes) is 2. The van der Waals surface area contributed by atoms with E-state index in [1.165, 1.54) is 0 Å². The third-order valence-corrected chi connectivity index (χ3v) is 3.48. The maximum atomic E-state index is 10.8. The molecule has 2 atom stereocenters. The van der Waals surface area contributed by atoms with Crippen LogP contribution >= 0.6 is 0 Å². The van der Waals surface area contributed by atoms with Crippen molar-refractivity contribution in [2.75, 3.05) is 0 Å². The molecule has 5 heteroatoms. The zero-order chi connectivity index (χ0) is 12.8. The first-order valence-electron chi connectivity index (χ1n) is 6.09. The highest BCUT2D eigenvalue weighted by Crippen LogP contribution is 2.17. The molecule has 0 radical (unpaired) electrons. The normalized spacial score (nSPS) is 15.8. The molecular formula is C11H25NO3Si. The molecule has 0 heterocycles. The van der Waals surface area contributed by atoms with Gasteiger partial charge in [-0.05, 0) is 26.1 Å². The van der Waals surface area contributed by atoms with Crippen molar-refractivity contribution in [2.45, 2.75) is 71.3 Å². The van der Waals surface area contributed by atoms with Gasteiger partial charge in [0, 0.05) is 11.8 Å². The Bertz CT molecular complexity index is 216. The highest BCUT2D eigenvalue weighted by atomic mass is 28.4. The van der Waals surface area contributed by atoms with E-state index >= 15 is 0 Å². The van der Waals surface area contributed by atoms with Crippen LogP contribution in [-0.4, -0.2) is 25.4 Å². The van der Waals surface area contributed by atoms with Crippen molar-refractivity contribution in [3.63, 3.8) is 0 Å². The molecule has 96 valence electrons. The van der Waals surface area contributed by atoms with Gasteiger partial charge in [-0.1, -0.05) is 26.2 Å². The summed E-state index contributed by atoms with van der Waals surface area (Å²) in [4.78, 5) is 10.6. The third kappa shape index (κ3) is 6.95. The fourth-order valence-corrected chi connectivity index (χ4v) is 2.81. The molecule has 0 unspecified atom stereocenters. The van der Waals surface area contributed by atoms with Crippen molar-refractivity contribution in [3.05, 3.63) is 10.1 Å². The molecule has 0 bridgehead atoms. The second-order valence-corrected chi connectivity index (χ2v) is 9.75. The number of nitro groups is 1. The third-order valence-electron chi connectivity index (χ3n) is 2.47. The SMILES string of the molecule is CCCCC[C@@H](O[Si](C)(C)C)[C@@H](C)[N+](=O)[O-]. The standard InChI is InChI=1S/C11H25NO3Si/c1-6-7-8-9-11(10(2)12(13)14)15-16(3,4)5/h10-11H,6-9H2,1-5H3/t10-,11-/m1/s1. The first kappa shape index (κ1) is 15.6. The van der Waals surface area contributed by atoms with Gasteiger partial charge >= 0.3 is 0 Å². The maximum Gasteiger partial charge on any atom is 0.234 e. The summed E-state index contributed by atoms with van der Waals surface area (Å²) >= 11 is 0. The van der Waals surface area contributed by atoms with Gasteiger partial charge < -0.3 is 4.43 Å². The molecule has 0 saturated heterocycles. The van der Waals surface area contributed by atoms with Crippen LogP contribution in [0.4, 0.5) is 0 Å². The van der Waals surface area contributed by atoms with E-state index in [2.05, 4.69) is 26.6 Å². The first-order chi connectivity index (χ1) is 7.28. The average molecular weight is 247 g/mol. The smallest absolute Gasteiger partial charge is 0.234 e. The van der Waals surface area contributed by atoms with Gasteiger partial charge in [-0.3, -0.25) is 10.1 Å². The summed E-state index contributed by atoms with van der Waals surface area (Å²) in [6, 6.07) is -0.594. The van der Waals surface area contributed by atoms with Crippen LogP contribution < -0.4 is 0 Å². The van der Waals surface area contributed by atoms with Crippen molar-refractivity contribution in [1.29, 1.82) is 0 Å². The van der Waals surface area contributed by atoms with Gasteiger partial charge in [0.25, 0.3) is 0 Å². The Labute approximate surface area is 99.7 Å². The van der Waals surface area contributed by atoms with Crippen molar-refractivity contribution in [3.8, 4) is 0 Å². The molecule has 0 aromatic rings. The van der Waals surface area contributed by atoms with Crippen molar-refractivity contribution >= 4 is 8.32 Å². The molecule has 0 N–H and O–H groups in total. The van der Waals surface area contributed by atoms with E-state index in [9.17, 15) is 10.1 Å². The minimum absolute atomic E-state index is 0.215. The second-order valence-electron chi connectivity index (χ2n) is 5.29. The Kier molecular flexibility index (Phi) is 6.83. The molecule has 0 aliphatic heterocycles. The van der Waals surface area contributed by atoms with E-state index in [-0.39, 0.29) is 11.0 Å². The largest absolute Gasteiger partial charge is 0.408 e. The van der Waals surface area contributed by atoms with Gasteiger partial charge in [0.1, 0.15) is 6.10 Å². The van der Waals surface area contributed by atoms with Crippen LogP contribution in [0.1, 0.15) is 39.5 Å². The number of nitrogens with zero attached hydrogens (tertiary/aromatic N) is 1. The van der Waals surface area contributed by atoms with Gasteiger partial charge in [-0.2, -0.15) is 0 Å². The van der Waals surface area contributed by atoms with Crippen molar-refractivity contribution < 1.29 is 9.35 Å². The zero-order valence-corrected chi connectivity index (χ0v) is 12.2. The molecule has 0 aromatic carbocycles. The molecule has 4 nitrogen and oxygen atoms in total. The Morgan fingerprint density at radius 3 is 2.25 bits per heavy atom. The quantitative estimate of drug-likeness (QED) is 0.286. The van der Waals surface area contributed by atoms with Gasteiger partial charge in [0.15, 0.2) is 8.32 Å². The van der Waals surface area contributed by atoms with E-state index in [4.69, 9.17) is 4.43 Å². The number of hydrogen-bond acceptors (Lipinski definition) is 3. The predicted octanol–water partition coefficient (Wildman–Crippen LogP) is 3.45. The lowest BCUT2D eigenvalue weighted by molar-refractivity contribution is -0.529. The molecule has 0 amide bonds. The van der Waals surface area contributed by atoms with Crippen LogP contribution in [0.2, 0.25) is 19.6 Å².